The minimum Gasteiger partial charge on any atom is -0.507 e. The molecule has 5 aliphatic heterocycles. The number of phenols is 1. The standard InChI is InChI=1S/C44H52N10O4/c45-42-38(24-35(49-50-42)33-3-1-2-4-39(33)55)52-25-31-10-11-32(26-52)54(31)44-46-18-15-34(47-44)28-16-19-51(20-17-28)30-8-5-27(6-9-30)29-7-12-36-40(23-29)58-22-21-53(36)37-13-14-41(56)48-43(37)57/h1-4,7,12,15,18,23-24,27-28,30-32,37,55H,5-6,8-11,13-14,16-17,19-22,25-26H2,(H2,45,50)(H,48,56,57)/t27?,30?,31-,32+,37?. The van der Waals surface area contributed by atoms with Gasteiger partial charge < -0.3 is 35.2 Å². The molecule has 4 saturated heterocycles. The van der Waals surface area contributed by atoms with Crippen LogP contribution in [0.15, 0.2) is 60.8 Å². The van der Waals surface area contributed by atoms with E-state index in [2.05, 4.69) is 59.4 Å². The molecular weight excluding hydrogens is 733 g/mol. The molecule has 10 rings (SSSR count). The zero-order chi connectivity index (χ0) is 39.3. The molecule has 6 aliphatic rings. The lowest BCUT2D eigenvalue weighted by Gasteiger charge is -2.43. The summed E-state index contributed by atoms with van der Waals surface area (Å²) in [7, 11) is 0. The zero-order valence-electron chi connectivity index (χ0n) is 32.9. The minimum absolute atomic E-state index is 0.171. The summed E-state index contributed by atoms with van der Waals surface area (Å²) in [4.78, 5) is 44.1. The number of anilines is 4. The molecule has 14 nitrogen and oxygen atoms in total. The molecule has 5 fully saturated rings. The highest BCUT2D eigenvalue weighted by atomic mass is 16.5. The van der Waals surface area contributed by atoms with Crippen LogP contribution in [0.2, 0.25) is 0 Å². The lowest BCUT2D eigenvalue weighted by molar-refractivity contribution is -0.134. The van der Waals surface area contributed by atoms with Crippen molar-refractivity contribution in [1.82, 2.24) is 30.4 Å². The number of nitrogens with one attached hydrogen (secondary N) is 1. The van der Waals surface area contributed by atoms with Crippen LogP contribution >= 0.6 is 0 Å². The largest absolute Gasteiger partial charge is 0.507 e. The number of benzene rings is 2. The number of nitrogens with two attached hydrogens (primary N) is 1. The Kier molecular flexibility index (Phi) is 9.74. The number of rotatable bonds is 7. The Bertz CT molecular complexity index is 2170. The number of aromatic nitrogens is 4. The number of hydrogen-bond donors (Lipinski definition) is 3. The summed E-state index contributed by atoms with van der Waals surface area (Å²) in [5.74, 6) is 2.81. The van der Waals surface area contributed by atoms with Crippen LogP contribution in [-0.4, -0.2) is 105 Å². The summed E-state index contributed by atoms with van der Waals surface area (Å²) in [5, 5.41) is 21.5. The van der Waals surface area contributed by atoms with Crippen LogP contribution in [0.5, 0.6) is 11.5 Å². The molecule has 2 aromatic carbocycles. The molecular formula is C44H52N10O4. The maximum atomic E-state index is 12.6. The van der Waals surface area contributed by atoms with Gasteiger partial charge in [-0.2, -0.15) is 0 Å². The van der Waals surface area contributed by atoms with Gasteiger partial charge >= 0.3 is 0 Å². The van der Waals surface area contributed by atoms with E-state index in [0.29, 0.717) is 60.9 Å². The van der Waals surface area contributed by atoms with E-state index in [1.165, 1.54) is 18.4 Å². The van der Waals surface area contributed by atoms with E-state index in [4.69, 9.17) is 20.4 Å². The van der Waals surface area contributed by atoms with Gasteiger partial charge in [-0.25, -0.2) is 9.97 Å². The van der Waals surface area contributed by atoms with Gasteiger partial charge in [0, 0.05) is 61.0 Å². The number of carbonyl (C=O) groups excluding carboxylic acids is 2. The van der Waals surface area contributed by atoms with Gasteiger partial charge in [-0.05, 0) is 119 Å². The Morgan fingerprint density at radius 3 is 2.34 bits per heavy atom. The van der Waals surface area contributed by atoms with Crippen molar-refractivity contribution in [2.75, 3.05) is 59.8 Å². The van der Waals surface area contributed by atoms with Crippen LogP contribution in [0.3, 0.4) is 0 Å². The number of phenolic OH excluding ortho intramolecular Hbond substituents is 1. The van der Waals surface area contributed by atoms with E-state index < -0.39 is 0 Å². The molecule has 4 aromatic rings. The van der Waals surface area contributed by atoms with Gasteiger partial charge in [-0.3, -0.25) is 14.9 Å². The number of hydrogen-bond acceptors (Lipinski definition) is 13. The van der Waals surface area contributed by atoms with E-state index in [1.54, 1.807) is 12.1 Å². The predicted octanol–water partition coefficient (Wildman–Crippen LogP) is 4.99. The fourth-order valence-electron chi connectivity index (χ4n) is 10.8. The molecule has 2 amide bonds. The molecule has 4 N–H and O–H groups in total. The molecule has 0 radical (unpaired) electrons. The van der Waals surface area contributed by atoms with Crippen LogP contribution in [0.1, 0.15) is 87.3 Å². The maximum absolute atomic E-state index is 12.6. The minimum atomic E-state index is -0.329. The molecule has 14 heteroatoms. The normalized spacial score (nSPS) is 26.6. The summed E-state index contributed by atoms with van der Waals surface area (Å²) >= 11 is 0. The molecule has 7 heterocycles. The number of imide groups is 1. The molecule has 302 valence electrons. The van der Waals surface area contributed by atoms with Crippen LogP contribution in [-0.2, 0) is 9.59 Å². The number of nitrogen functional groups attached to an aromatic ring is 1. The highest BCUT2D eigenvalue weighted by molar-refractivity contribution is 6.02. The number of amides is 2. The second kappa shape index (κ2) is 15.3. The average molecular weight is 785 g/mol. The van der Waals surface area contributed by atoms with E-state index >= 15 is 0 Å². The maximum Gasteiger partial charge on any atom is 0.249 e. The van der Waals surface area contributed by atoms with Crippen molar-refractivity contribution in [2.24, 2.45) is 0 Å². The zero-order valence-corrected chi connectivity index (χ0v) is 32.9. The van der Waals surface area contributed by atoms with Crippen molar-refractivity contribution >= 4 is 35.0 Å². The molecule has 58 heavy (non-hydrogen) atoms. The lowest BCUT2D eigenvalue weighted by atomic mass is 9.80. The highest BCUT2D eigenvalue weighted by Gasteiger charge is 2.43. The molecule has 2 bridgehead atoms. The first-order chi connectivity index (χ1) is 28.4. The highest BCUT2D eigenvalue weighted by Crippen LogP contribution is 2.43. The number of likely N-dealkylation sites (tertiary alicyclic amines) is 1. The number of para-hydroxylation sites is 1. The first-order valence-electron chi connectivity index (χ1n) is 21.2. The van der Waals surface area contributed by atoms with Crippen molar-refractivity contribution in [3.63, 3.8) is 0 Å². The predicted molar refractivity (Wildman–Crippen MR) is 221 cm³/mol. The van der Waals surface area contributed by atoms with Crippen LogP contribution < -0.4 is 30.5 Å². The number of ether oxygens (including phenoxy) is 1. The fraction of sp³-hybridized carbons (Fsp3) is 0.500. The Hall–Kier alpha value is -5.50. The van der Waals surface area contributed by atoms with E-state index in [-0.39, 0.29) is 35.7 Å². The van der Waals surface area contributed by atoms with E-state index in [9.17, 15) is 14.7 Å². The third-order valence-electron chi connectivity index (χ3n) is 13.8. The molecule has 3 atom stereocenters. The van der Waals surface area contributed by atoms with Gasteiger partial charge in [0.25, 0.3) is 0 Å². The molecule has 1 saturated carbocycles. The SMILES string of the molecule is Nc1nnc(-c2ccccc2O)cc1N1C[C@H]2CC[C@@H](C1)N2c1nccc(C2CCN(C3CCC(c4ccc5c(c4)OCCN5C4CCC(=O)NC4=O)CC3)CC2)n1. The summed E-state index contributed by atoms with van der Waals surface area (Å²) in [5.41, 5.74) is 11.9. The Balaban J connectivity index is 0.739. The monoisotopic (exact) mass is 784 g/mol. The second-order valence-corrected chi connectivity index (χ2v) is 17.0. The number of piperidine rings is 2. The second-order valence-electron chi connectivity index (χ2n) is 17.0. The van der Waals surface area contributed by atoms with Crippen molar-refractivity contribution in [1.29, 1.82) is 0 Å². The molecule has 1 aliphatic carbocycles. The third-order valence-corrected chi connectivity index (χ3v) is 13.8. The topological polar surface area (TPSA) is 166 Å². The summed E-state index contributed by atoms with van der Waals surface area (Å²) in [6.45, 7) is 4.96. The Labute approximate surface area is 338 Å². The van der Waals surface area contributed by atoms with Gasteiger partial charge in [0.15, 0.2) is 5.82 Å². The van der Waals surface area contributed by atoms with Gasteiger partial charge in [0.1, 0.15) is 24.1 Å². The fourth-order valence-corrected chi connectivity index (χ4v) is 10.8. The van der Waals surface area contributed by atoms with Crippen molar-refractivity contribution in [3.05, 3.63) is 72.1 Å². The first kappa shape index (κ1) is 36.8. The van der Waals surface area contributed by atoms with Crippen LogP contribution in [0.4, 0.5) is 23.1 Å². The lowest BCUT2D eigenvalue weighted by Crippen LogP contribution is -2.54. The summed E-state index contributed by atoms with van der Waals surface area (Å²) in [6.07, 6.45) is 11.9. The number of fused-ring (bicyclic) bond motifs is 3. The third kappa shape index (κ3) is 6.94. The van der Waals surface area contributed by atoms with Gasteiger partial charge in [0.05, 0.1) is 23.6 Å². The van der Waals surface area contributed by atoms with Crippen molar-refractivity contribution in [2.45, 2.75) is 100 Å². The first-order valence-corrected chi connectivity index (χ1v) is 21.2. The van der Waals surface area contributed by atoms with Crippen molar-refractivity contribution < 1.29 is 19.4 Å². The molecule has 2 aromatic heterocycles. The van der Waals surface area contributed by atoms with Crippen LogP contribution in [0.25, 0.3) is 11.3 Å². The van der Waals surface area contributed by atoms with E-state index in [0.717, 1.165) is 93.5 Å². The van der Waals surface area contributed by atoms with Crippen molar-refractivity contribution in [3.8, 4) is 22.8 Å². The number of nitrogens with zero attached hydrogens (tertiary/aromatic N) is 8. The van der Waals surface area contributed by atoms with Gasteiger partial charge in [-0.15, -0.1) is 10.2 Å². The number of piperazine rings is 1. The van der Waals surface area contributed by atoms with Crippen LogP contribution in [0, 0.1) is 0 Å². The molecule has 1 unspecified atom stereocenters. The summed E-state index contributed by atoms with van der Waals surface area (Å²) < 4.78 is 6.12. The summed E-state index contributed by atoms with van der Waals surface area (Å²) in [6, 6.07) is 18.6. The quantitative estimate of drug-likeness (QED) is 0.215. The smallest absolute Gasteiger partial charge is 0.249 e. The Morgan fingerprint density at radius 1 is 0.793 bits per heavy atom. The number of aromatic hydroxyl groups is 1. The average Bonchev–Trinajstić information content (AvgIpc) is 3.52. The van der Waals surface area contributed by atoms with E-state index in [1.807, 2.05) is 24.4 Å². The molecule has 0 spiro atoms. The number of carbonyl (C=O) groups is 2. The Morgan fingerprint density at radius 2 is 1.57 bits per heavy atom. The van der Waals surface area contributed by atoms with Gasteiger partial charge in [-0.1, -0.05) is 18.2 Å². The van der Waals surface area contributed by atoms with Gasteiger partial charge in [0.2, 0.25) is 17.8 Å².